The van der Waals surface area contributed by atoms with Crippen LogP contribution in [0.15, 0.2) is 35.4 Å². The zero-order chi connectivity index (χ0) is 28.1. The largest absolute Gasteiger partial charge is 0.294 e. The highest BCUT2D eigenvalue weighted by molar-refractivity contribution is 7.86. The molecule has 4 bridgehead atoms. The number of hydrogen-bond donors (Lipinski definition) is 2. The van der Waals surface area contributed by atoms with Crippen LogP contribution in [0.2, 0.25) is 0 Å². The van der Waals surface area contributed by atoms with Crippen LogP contribution in [-0.2, 0) is 29.8 Å². The minimum absolute atomic E-state index is 0.105. The summed E-state index contributed by atoms with van der Waals surface area (Å²) in [5.74, 6) is -1.80. The summed E-state index contributed by atoms with van der Waals surface area (Å²) >= 11 is 0. The van der Waals surface area contributed by atoms with Crippen LogP contribution in [0.4, 0.5) is 0 Å². The van der Waals surface area contributed by atoms with E-state index in [1.54, 1.807) is 12.2 Å². The molecule has 1 aromatic rings. The van der Waals surface area contributed by atoms with Crippen molar-refractivity contribution in [3.63, 3.8) is 0 Å². The van der Waals surface area contributed by atoms with Gasteiger partial charge in [-0.2, -0.15) is 16.8 Å². The van der Waals surface area contributed by atoms with E-state index in [1.807, 2.05) is 52.0 Å². The summed E-state index contributed by atoms with van der Waals surface area (Å²) in [5.41, 5.74) is -0.762. The lowest BCUT2D eigenvalue weighted by Crippen LogP contribution is -2.42. The Morgan fingerprint density at radius 1 is 0.711 bits per heavy atom. The molecule has 10 heteroatoms. The van der Waals surface area contributed by atoms with Crippen LogP contribution in [0.3, 0.4) is 0 Å². The van der Waals surface area contributed by atoms with E-state index in [9.17, 15) is 35.5 Å². The second kappa shape index (κ2) is 8.19. The van der Waals surface area contributed by atoms with E-state index >= 15 is 0 Å². The number of ketones is 2. The molecule has 0 unspecified atom stereocenters. The Labute approximate surface area is 224 Å². The monoisotopic (exact) mass is 562 g/mol. The average Bonchev–Trinajstić information content (AvgIpc) is 3.27. The van der Waals surface area contributed by atoms with E-state index in [0.717, 1.165) is 11.1 Å². The van der Waals surface area contributed by atoms with Crippen LogP contribution in [-0.4, -0.2) is 49.0 Å². The fraction of sp³-hybridized carbons (Fsp3) is 0.571. The molecule has 4 atom stereocenters. The first-order chi connectivity index (χ1) is 17.3. The van der Waals surface area contributed by atoms with E-state index in [0.29, 0.717) is 36.8 Å². The molecular weight excluding hydrogens is 528 g/mol. The third kappa shape index (κ3) is 3.82. The van der Waals surface area contributed by atoms with E-state index in [2.05, 4.69) is 0 Å². The van der Waals surface area contributed by atoms with E-state index in [4.69, 9.17) is 0 Å². The lowest BCUT2D eigenvalue weighted by atomic mass is 9.70. The molecule has 0 heterocycles. The Morgan fingerprint density at radius 2 is 1.03 bits per heavy atom. The molecular formula is C28H34O8S2. The summed E-state index contributed by atoms with van der Waals surface area (Å²) in [7, 11) is -8.66. The number of fused-ring (bicyclic) bond motifs is 4. The minimum Gasteiger partial charge on any atom is -0.294 e. The van der Waals surface area contributed by atoms with Crippen molar-refractivity contribution in [3.8, 4) is 0 Å². The number of allylic oxidation sites excluding steroid dienone is 2. The van der Waals surface area contributed by atoms with Crippen LogP contribution in [0.5, 0.6) is 0 Å². The zero-order valence-corrected chi connectivity index (χ0v) is 23.7. The van der Waals surface area contributed by atoms with Crippen molar-refractivity contribution in [2.45, 2.75) is 53.4 Å². The van der Waals surface area contributed by atoms with Crippen molar-refractivity contribution < 1.29 is 35.5 Å². The lowest BCUT2D eigenvalue weighted by Gasteiger charge is -2.34. The lowest BCUT2D eigenvalue weighted by molar-refractivity contribution is -0.125. The highest BCUT2D eigenvalue weighted by atomic mass is 32.2. The van der Waals surface area contributed by atoms with Gasteiger partial charge in [0.15, 0.2) is 11.6 Å². The summed E-state index contributed by atoms with van der Waals surface area (Å²) in [5, 5.41) is 0. The molecule has 0 spiro atoms. The summed E-state index contributed by atoms with van der Waals surface area (Å²) in [6.07, 6.45) is 5.80. The maximum Gasteiger partial charge on any atom is 0.265 e. The smallest absolute Gasteiger partial charge is 0.265 e. The summed E-state index contributed by atoms with van der Waals surface area (Å²) in [6, 6.07) is 7.33. The Kier molecular flexibility index (Phi) is 5.91. The molecule has 38 heavy (non-hydrogen) atoms. The molecule has 0 amide bonds. The zero-order valence-electron chi connectivity index (χ0n) is 22.0. The van der Waals surface area contributed by atoms with E-state index in [-0.39, 0.29) is 23.4 Å². The Balaban J connectivity index is 1.44. The molecule has 4 saturated carbocycles. The first-order valence-electron chi connectivity index (χ1n) is 12.9. The van der Waals surface area contributed by atoms with E-state index in [1.165, 1.54) is 0 Å². The summed E-state index contributed by atoms with van der Waals surface area (Å²) in [6.45, 7) is 7.58. The van der Waals surface area contributed by atoms with Gasteiger partial charge in [0.1, 0.15) is 0 Å². The van der Waals surface area contributed by atoms with Crippen LogP contribution in [0.1, 0.15) is 64.5 Å². The number of hydrogen-bond acceptors (Lipinski definition) is 6. The van der Waals surface area contributed by atoms with Crippen molar-refractivity contribution in [1.82, 2.24) is 0 Å². The topological polar surface area (TPSA) is 143 Å². The van der Waals surface area contributed by atoms with Gasteiger partial charge in [0.25, 0.3) is 20.2 Å². The van der Waals surface area contributed by atoms with Gasteiger partial charge in [-0.05, 0) is 71.6 Å². The van der Waals surface area contributed by atoms with Crippen molar-refractivity contribution >= 4 is 44.0 Å². The average molecular weight is 563 g/mol. The predicted octanol–water partition coefficient (Wildman–Crippen LogP) is 4.24. The fourth-order valence-electron chi connectivity index (χ4n) is 8.23. The Morgan fingerprint density at radius 3 is 1.32 bits per heavy atom. The molecule has 5 rings (SSSR count). The van der Waals surface area contributed by atoms with Gasteiger partial charge in [-0.15, -0.1) is 0 Å². The Bertz CT molecular complexity index is 1400. The molecule has 2 N–H and O–H groups in total. The second-order valence-electron chi connectivity index (χ2n) is 12.8. The number of carbonyl (C=O) groups excluding carboxylic acids is 2. The SMILES string of the molecule is CC1(C)[C@H]2CC[C@@]1(CS(=O)(=O)O)C(=O)/C2=C\c1ccc(/C=C2/C(=O)[C@]3(CS(=O)(=O)O)CC[C@@H]2C3(C)C)cc1. The van der Waals surface area contributed by atoms with Crippen LogP contribution < -0.4 is 0 Å². The third-order valence-electron chi connectivity index (χ3n) is 10.5. The highest BCUT2D eigenvalue weighted by Crippen LogP contribution is 2.67. The highest BCUT2D eigenvalue weighted by Gasteiger charge is 2.68. The van der Waals surface area contributed by atoms with Crippen molar-refractivity contribution in [2.24, 2.45) is 33.5 Å². The van der Waals surface area contributed by atoms with Gasteiger partial charge >= 0.3 is 0 Å². The molecule has 0 aromatic heterocycles. The maximum atomic E-state index is 13.4. The first-order valence-corrected chi connectivity index (χ1v) is 16.1. The van der Waals surface area contributed by atoms with Crippen molar-refractivity contribution in [3.05, 3.63) is 46.5 Å². The molecule has 0 radical (unpaired) electrons. The molecule has 1 aromatic carbocycles. The van der Waals surface area contributed by atoms with Gasteiger partial charge in [-0.1, -0.05) is 52.0 Å². The fourth-order valence-corrected chi connectivity index (χ4v) is 10.8. The third-order valence-corrected chi connectivity index (χ3v) is 12.2. The molecule has 4 fully saturated rings. The second-order valence-corrected chi connectivity index (χ2v) is 15.7. The summed E-state index contributed by atoms with van der Waals surface area (Å²) in [4.78, 5) is 26.9. The van der Waals surface area contributed by atoms with Gasteiger partial charge in [0.2, 0.25) is 0 Å². The van der Waals surface area contributed by atoms with Crippen LogP contribution >= 0.6 is 0 Å². The van der Waals surface area contributed by atoms with Gasteiger partial charge in [-0.3, -0.25) is 18.7 Å². The Hall–Kier alpha value is -2.14. The van der Waals surface area contributed by atoms with Crippen LogP contribution in [0, 0.1) is 33.5 Å². The maximum absolute atomic E-state index is 13.4. The number of rotatable bonds is 6. The quantitative estimate of drug-likeness (QED) is 0.387. The molecule has 4 aliphatic carbocycles. The number of Topliss-reactive ketones (excluding diaryl/α,β-unsaturated/α-hetero) is 2. The van der Waals surface area contributed by atoms with Gasteiger partial charge in [0, 0.05) is 11.1 Å². The minimum atomic E-state index is -4.33. The standard InChI is InChI=1S/C28H34O8S2/c1-25(2)21-9-11-27(25,15-37(31,32)33)23(29)19(21)13-17-5-7-18(8-6-17)14-20-22-10-12-28(24(20)30,26(22,3)4)16-38(34,35)36/h5-8,13-14,21-22H,9-12,15-16H2,1-4H3,(H,31,32,33)(H,34,35,36)/b19-13-,20-14+/t21-,22-,27+,28+/m0/s1. The van der Waals surface area contributed by atoms with Gasteiger partial charge in [0.05, 0.1) is 22.3 Å². The van der Waals surface area contributed by atoms with E-state index < -0.39 is 53.4 Å². The molecule has 8 nitrogen and oxygen atoms in total. The molecule has 4 aliphatic rings. The molecule has 206 valence electrons. The normalized spacial score (nSPS) is 35.6. The first kappa shape index (κ1) is 27.4. The summed E-state index contributed by atoms with van der Waals surface area (Å²) < 4.78 is 66.1. The molecule has 0 saturated heterocycles. The number of carbonyl (C=O) groups is 2. The van der Waals surface area contributed by atoms with Gasteiger partial charge in [-0.25, -0.2) is 0 Å². The van der Waals surface area contributed by atoms with Gasteiger partial charge < -0.3 is 0 Å². The van der Waals surface area contributed by atoms with Crippen molar-refractivity contribution in [1.29, 1.82) is 0 Å². The predicted molar refractivity (Wildman–Crippen MR) is 143 cm³/mol. The molecule has 0 aliphatic heterocycles. The number of benzene rings is 1. The van der Waals surface area contributed by atoms with Crippen LogP contribution in [0.25, 0.3) is 12.2 Å². The van der Waals surface area contributed by atoms with Crippen molar-refractivity contribution in [2.75, 3.05) is 11.5 Å².